The molecule has 2 aromatic heterocycles. The number of nitrogens with zero attached hydrogens (tertiary/aromatic N) is 4. The number of hydrogen-bond acceptors (Lipinski definition) is 5. The lowest BCUT2D eigenvalue weighted by Crippen LogP contribution is -2.47. The quantitative estimate of drug-likeness (QED) is 0.332. The molecule has 8 nitrogen and oxygen atoms in total. The molecular formula is C28H35N5O3. The number of carbonyl (C=O) groups excluding carboxylic acids is 2. The predicted molar refractivity (Wildman–Crippen MR) is 140 cm³/mol. The Kier molecular flexibility index (Phi) is 7.15. The van der Waals surface area contributed by atoms with Crippen LogP contribution in [0.15, 0.2) is 54.7 Å². The van der Waals surface area contributed by atoms with Gasteiger partial charge in [0.1, 0.15) is 17.6 Å². The lowest BCUT2D eigenvalue weighted by Gasteiger charge is -2.34. The van der Waals surface area contributed by atoms with Gasteiger partial charge >= 0.3 is 6.09 Å². The summed E-state index contributed by atoms with van der Waals surface area (Å²) in [6.07, 6.45) is 5.58. The summed E-state index contributed by atoms with van der Waals surface area (Å²) in [5.74, 6) is 0.720. The van der Waals surface area contributed by atoms with Crippen LogP contribution < -0.4 is 10.2 Å². The second kappa shape index (κ2) is 10.1. The van der Waals surface area contributed by atoms with Crippen molar-refractivity contribution in [3.8, 4) is 0 Å². The minimum atomic E-state index is -0.839. The van der Waals surface area contributed by atoms with Gasteiger partial charge in [-0.15, -0.1) is 0 Å². The van der Waals surface area contributed by atoms with Crippen LogP contribution in [0.25, 0.3) is 5.65 Å². The van der Waals surface area contributed by atoms with Gasteiger partial charge in [0.25, 0.3) is 0 Å². The molecule has 0 bridgehead atoms. The average molecular weight is 490 g/mol. The molecule has 2 amide bonds. The zero-order chi connectivity index (χ0) is 26.0. The van der Waals surface area contributed by atoms with Crippen LogP contribution in [0.4, 0.5) is 10.6 Å². The topological polar surface area (TPSA) is 88.8 Å². The normalized spacial score (nSPS) is 14.9. The molecule has 0 spiro atoms. The zero-order valence-electron chi connectivity index (χ0n) is 21.9. The largest absolute Gasteiger partial charge is 0.443 e. The Morgan fingerprint density at radius 1 is 1.19 bits per heavy atom. The number of carbonyl (C=O) groups is 2. The van der Waals surface area contributed by atoms with Crippen LogP contribution in [0.5, 0.6) is 0 Å². The van der Waals surface area contributed by atoms with Crippen molar-refractivity contribution in [3.05, 3.63) is 71.6 Å². The van der Waals surface area contributed by atoms with E-state index in [0.29, 0.717) is 17.4 Å². The number of fused-ring (bicyclic) bond motifs is 1. The van der Waals surface area contributed by atoms with Crippen LogP contribution >= 0.6 is 0 Å². The first-order chi connectivity index (χ1) is 17.1. The lowest BCUT2D eigenvalue weighted by atomic mass is 10.1. The Hall–Kier alpha value is -3.68. The fraction of sp³-hybridized carbons (Fsp3) is 0.429. The second-order valence-corrected chi connectivity index (χ2v) is 10.5. The molecule has 8 heteroatoms. The van der Waals surface area contributed by atoms with Gasteiger partial charge in [-0.3, -0.25) is 4.79 Å². The summed E-state index contributed by atoms with van der Waals surface area (Å²) in [7, 11) is 0. The molecule has 0 radical (unpaired) electrons. The minimum absolute atomic E-state index is 0.201. The zero-order valence-corrected chi connectivity index (χ0v) is 21.9. The monoisotopic (exact) mass is 489 g/mol. The summed E-state index contributed by atoms with van der Waals surface area (Å²) in [5, 5.41) is 7.63. The Labute approximate surface area is 212 Å². The van der Waals surface area contributed by atoms with Crippen LogP contribution in [0.3, 0.4) is 0 Å². The van der Waals surface area contributed by atoms with Crippen LogP contribution in [0, 0.1) is 0 Å². The summed E-state index contributed by atoms with van der Waals surface area (Å²) in [6.45, 7) is 11.4. The van der Waals surface area contributed by atoms with E-state index in [2.05, 4.69) is 24.3 Å². The molecule has 1 N–H and O–H groups in total. The van der Waals surface area contributed by atoms with E-state index < -0.39 is 17.9 Å². The second-order valence-electron chi connectivity index (χ2n) is 10.5. The maximum Gasteiger partial charge on any atom is 0.418 e. The van der Waals surface area contributed by atoms with Crippen molar-refractivity contribution in [2.24, 2.45) is 0 Å². The molecule has 0 saturated heterocycles. The Bertz CT molecular complexity index is 1270. The van der Waals surface area contributed by atoms with Gasteiger partial charge in [-0.25, -0.2) is 14.7 Å². The van der Waals surface area contributed by atoms with E-state index in [1.54, 1.807) is 23.7 Å². The smallest absolute Gasteiger partial charge is 0.418 e. The summed E-state index contributed by atoms with van der Waals surface area (Å²) in [5.41, 5.74) is 2.61. The molecule has 1 aliphatic rings. The highest BCUT2D eigenvalue weighted by molar-refractivity contribution is 5.92. The van der Waals surface area contributed by atoms with Crippen molar-refractivity contribution in [1.29, 1.82) is 0 Å². The third-order valence-corrected chi connectivity index (χ3v) is 5.93. The number of aromatic nitrogens is 3. The number of hydrogen-bond donors (Lipinski definition) is 1. The maximum atomic E-state index is 13.9. The standard InChI is InChI=1S/C28H35N5O3/c1-7-11-23(34)31-25(20-12-9-8-10-13-20)32(27(35)36-28(4,5)6)24-16-22(19-14-15-19)30-26-21(18(2)3)17-29-33(24)26/h7-13,16-19,25H,14-15H2,1-6H3,(H,31,34). The van der Waals surface area contributed by atoms with Crippen molar-refractivity contribution >= 4 is 23.5 Å². The molecule has 1 saturated carbocycles. The van der Waals surface area contributed by atoms with Crippen LogP contribution in [-0.2, 0) is 9.53 Å². The minimum Gasteiger partial charge on any atom is -0.443 e. The molecule has 1 aliphatic carbocycles. The predicted octanol–water partition coefficient (Wildman–Crippen LogP) is 5.86. The number of benzene rings is 1. The third kappa shape index (κ3) is 5.58. The number of nitrogens with one attached hydrogen (secondary N) is 1. The van der Waals surface area contributed by atoms with E-state index in [1.807, 2.05) is 57.2 Å². The summed E-state index contributed by atoms with van der Waals surface area (Å²) in [6, 6.07) is 11.3. The highest BCUT2D eigenvalue weighted by Gasteiger charge is 2.36. The van der Waals surface area contributed by atoms with Crippen molar-refractivity contribution in [3.63, 3.8) is 0 Å². The third-order valence-electron chi connectivity index (χ3n) is 5.93. The number of amides is 2. The molecule has 1 unspecified atom stereocenters. The van der Waals surface area contributed by atoms with E-state index in [-0.39, 0.29) is 11.8 Å². The molecule has 2 heterocycles. The van der Waals surface area contributed by atoms with E-state index in [1.165, 1.54) is 11.0 Å². The molecule has 1 fully saturated rings. The molecule has 3 aromatic rings. The van der Waals surface area contributed by atoms with E-state index >= 15 is 0 Å². The molecule has 0 aliphatic heterocycles. The SMILES string of the molecule is CC=CC(=O)NC(c1ccccc1)N(C(=O)OC(C)(C)C)c1cc(C2CC2)nc2c(C(C)C)cnn12. The van der Waals surface area contributed by atoms with Gasteiger partial charge in [0.05, 0.1) is 6.20 Å². The number of allylic oxidation sites excluding steroid dienone is 1. The van der Waals surface area contributed by atoms with Crippen LogP contribution in [0.1, 0.15) is 89.2 Å². The number of anilines is 1. The summed E-state index contributed by atoms with van der Waals surface area (Å²) < 4.78 is 7.56. The first kappa shape index (κ1) is 25.4. The molecular weight excluding hydrogens is 454 g/mol. The van der Waals surface area contributed by atoms with Crippen molar-refractivity contribution in [2.45, 2.75) is 78.0 Å². The van der Waals surface area contributed by atoms with E-state index in [9.17, 15) is 9.59 Å². The van der Waals surface area contributed by atoms with Gasteiger partial charge in [0, 0.05) is 23.2 Å². The molecule has 190 valence electrons. The van der Waals surface area contributed by atoms with Crippen LogP contribution in [0.2, 0.25) is 0 Å². The molecule has 1 atom stereocenters. The Morgan fingerprint density at radius 3 is 2.47 bits per heavy atom. The highest BCUT2D eigenvalue weighted by atomic mass is 16.6. The van der Waals surface area contributed by atoms with E-state index in [0.717, 1.165) is 29.7 Å². The fourth-order valence-corrected chi connectivity index (χ4v) is 4.06. The van der Waals surface area contributed by atoms with Crippen molar-refractivity contribution < 1.29 is 14.3 Å². The molecule has 1 aromatic carbocycles. The van der Waals surface area contributed by atoms with Gasteiger partial charge in [-0.2, -0.15) is 9.61 Å². The summed E-state index contributed by atoms with van der Waals surface area (Å²) in [4.78, 5) is 33.1. The summed E-state index contributed by atoms with van der Waals surface area (Å²) >= 11 is 0. The number of ether oxygens (including phenoxy) is 1. The first-order valence-electron chi connectivity index (χ1n) is 12.5. The van der Waals surface area contributed by atoms with Crippen molar-refractivity contribution in [2.75, 3.05) is 4.90 Å². The fourth-order valence-electron chi connectivity index (χ4n) is 4.06. The van der Waals surface area contributed by atoms with E-state index in [4.69, 9.17) is 9.72 Å². The van der Waals surface area contributed by atoms with Gasteiger partial charge in [0.15, 0.2) is 5.65 Å². The van der Waals surface area contributed by atoms with Gasteiger partial charge < -0.3 is 10.1 Å². The average Bonchev–Trinajstić information content (AvgIpc) is 3.56. The number of rotatable bonds is 7. The first-order valence-corrected chi connectivity index (χ1v) is 12.5. The lowest BCUT2D eigenvalue weighted by molar-refractivity contribution is -0.117. The maximum absolute atomic E-state index is 13.9. The van der Waals surface area contributed by atoms with Crippen LogP contribution in [-0.4, -0.2) is 32.2 Å². The Morgan fingerprint density at radius 2 is 1.89 bits per heavy atom. The molecule has 4 rings (SSSR count). The van der Waals surface area contributed by atoms with Gasteiger partial charge in [-0.05, 0) is 58.1 Å². The Balaban J connectivity index is 1.96. The van der Waals surface area contributed by atoms with Gasteiger partial charge in [0.2, 0.25) is 5.91 Å². The highest BCUT2D eigenvalue weighted by Crippen LogP contribution is 2.41. The van der Waals surface area contributed by atoms with Gasteiger partial charge in [-0.1, -0.05) is 50.3 Å². The molecule has 36 heavy (non-hydrogen) atoms. The van der Waals surface area contributed by atoms with Crippen molar-refractivity contribution in [1.82, 2.24) is 19.9 Å².